The molecule has 0 radical (unpaired) electrons. The van der Waals surface area contributed by atoms with E-state index in [1.807, 2.05) is 62.5 Å². The van der Waals surface area contributed by atoms with Crippen molar-refractivity contribution in [3.63, 3.8) is 0 Å². The average Bonchev–Trinajstić information content (AvgIpc) is 3.26. The van der Waals surface area contributed by atoms with Gasteiger partial charge in [-0.2, -0.15) is 5.26 Å². The van der Waals surface area contributed by atoms with Crippen molar-refractivity contribution in [1.82, 2.24) is 29.9 Å². The number of nitrogens with zero attached hydrogens (tertiary/aromatic N) is 8. The Hall–Kier alpha value is -4.32. The van der Waals surface area contributed by atoms with E-state index < -0.39 is 0 Å². The van der Waals surface area contributed by atoms with E-state index in [1.54, 1.807) is 10.7 Å². The van der Waals surface area contributed by atoms with Crippen LogP contribution < -0.4 is 10.2 Å². The molecule has 0 atom stereocenters. The van der Waals surface area contributed by atoms with Gasteiger partial charge in [-0.05, 0) is 50.6 Å². The van der Waals surface area contributed by atoms with Crippen LogP contribution in [-0.2, 0) is 6.54 Å². The van der Waals surface area contributed by atoms with E-state index in [4.69, 9.17) is 4.98 Å². The standard InChI is InChI=1S/C25H25N9/c1-17(2)27-25-29-21(19-7-3-6-18(12-19)14-26)13-22(30-25)23-16-34(32-31-23)15-20-8-4-9-24(28-20)33-10-5-11-33/h3-4,6-9,12-13,16-17H,5,10-11,15H2,1-2H3,(H,27,29,30). The molecular weight excluding hydrogens is 426 g/mol. The topological polar surface area (TPSA) is 108 Å². The van der Waals surface area contributed by atoms with Gasteiger partial charge in [0.05, 0.1) is 41.5 Å². The second kappa shape index (κ2) is 9.27. The van der Waals surface area contributed by atoms with Crippen molar-refractivity contribution in [2.45, 2.75) is 32.9 Å². The molecule has 1 saturated heterocycles. The zero-order chi connectivity index (χ0) is 23.5. The van der Waals surface area contributed by atoms with Gasteiger partial charge in [-0.15, -0.1) is 5.10 Å². The molecular formula is C25H25N9. The molecule has 5 rings (SSSR count). The van der Waals surface area contributed by atoms with Crippen LogP contribution in [-0.4, -0.2) is 49.1 Å². The van der Waals surface area contributed by atoms with E-state index in [1.165, 1.54) is 6.42 Å². The Labute approximate surface area is 198 Å². The number of nitriles is 1. The fourth-order valence-electron chi connectivity index (χ4n) is 3.73. The second-order valence-corrected chi connectivity index (χ2v) is 8.58. The molecule has 1 aliphatic rings. The number of anilines is 2. The maximum atomic E-state index is 9.28. The van der Waals surface area contributed by atoms with Crippen molar-refractivity contribution in [3.8, 4) is 28.7 Å². The quantitative estimate of drug-likeness (QED) is 0.453. The van der Waals surface area contributed by atoms with Crippen LogP contribution in [0.2, 0.25) is 0 Å². The zero-order valence-electron chi connectivity index (χ0n) is 19.2. The molecule has 1 fully saturated rings. The highest BCUT2D eigenvalue weighted by atomic mass is 15.4. The molecule has 1 aliphatic heterocycles. The number of aromatic nitrogens is 6. The van der Waals surface area contributed by atoms with Gasteiger partial charge < -0.3 is 10.2 Å². The highest BCUT2D eigenvalue weighted by Crippen LogP contribution is 2.25. The Balaban J connectivity index is 1.44. The van der Waals surface area contributed by atoms with Crippen molar-refractivity contribution in [2.24, 2.45) is 0 Å². The van der Waals surface area contributed by atoms with Gasteiger partial charge >= 0.3 is 0 Å². The minimum atomic E-state index is 0.161. The third-order valence-electron chi connectivity index (χ3n) is 5.53. The van der Waals surface area contributed by atoms with Gasteiger partial charge in [0.2, 0.25) is 5.95 Å². The molecule has 0 aliphatic carbocycles. The minimum Gasteiger partial charge on any atom is -0.356 e. The second-order valence-electron chi connectivity index (χ2n) is 8.58. The maximum Gasteiger partial charge on any atom is 0.224 e. The number of pyridine rings is 1. The van der Waals surface area contributed by atoms with E-state index in [-0.39, 0.29) is 6.04 Å². The predicted molar refractivity (Wildman–Crippen MR) is 130 cm³/mol. The molecule has 1 aromatic carbocycles. The maximum absolute atomic E-state index is 9.28. The number of hydrogen-bond acceptors (Lipinski definition) is 8. The number of rotatable bonds is 7. The lowest BCUT2D eigenvalue weighted by Crippen LogP contribution is -2.37. The number of nitrogens with one attached hydrogen (secondary N) is 1. The molecule has 0 amide bonds. The summed E-state index contributed by atoms with van der Waals surface area (Å²) in [5.74, 6) is 1.51. The van der Waals surface area contributed by atoms with Crippen molar-refractivity contribution in [1.29, 1.82) is 5.26 Å². The van der Waals surface area contributed by atoms with E-state index in [0.29, 0.717) is 35.1 Å². The summed E-state index contributed by atoms with van der Waals surface area (Å²) in [6.07, 6.45) is 3.09. The number of benzene rings is 1. The first-order valence-corrected chi connectivity index (χ1v) is 11.3. The molecule has 9 nitrogen and oxygen atoms in total. The Kier molecular flexibility index (Phi) is 5.87. The summed E-state index contributed by atoms with van der Waals surface area (Å²) in [7, 11) is 0. The SMILES string of the molecule is CC(C)Nc1nc(-c2cccc(C#N)c2)cc(-c2cn(Cc3cccc(N4CCC4)n3)nn2)n1. The summed E-state index contributed by atoms with van der Waals surface area (Å²) < 4.78 is 1.77. The Morgan fingerprint density at radius 3 is 2.59 bits per heavy atom. The first-order valence-electron chi connectivity index (χ1n) is 11.3. The largest absolute Gasteiger partial charge is 0.356 e. The van der Waals surface area contributed by atoms with Gasteiger partial charge in [0.1, 0.15) is 11.5 Å². The van der Waals surface area contributed by atoms with E-state index >= 15 is 0 Å². The minimum absolute atomic E-state index is 0.161. The lowest BCUT2D eigenvalue weighted by atomic mass is 10.1. The van der Waals surface area contributed by atoms with Gasteiger partial charge in [0.15, 0.2) is 0 Å². The van der Waals surface area contributed by atoms with Crippen LogP contribution in [0.1, 0.15) is 31.5 Å². The van der Waals surface area contributed by atoms with Crippen LogP contribution in [0, 0.1) is 11.3 Å². The normalized spacial score (nSPS) is 12.9. The third-order valence-corrected chi connectivity index (χ3v) is 5.53. The van der Waals surface area contributed by atoms with Crippen molar-refractivity contribution in [2.75, 3.05) is 23.3 Å². The molecule has 34 heavy (non-hydrogen) atoms. The summed E-state index contributed by atoms with van der Waals surface area (Å²) in [5.41, 5.74) is 4.36. The molecule has 4 heterocycles. The molecule has 3 aromatic heterocycles. The van der Waals surface area contributed by atoms with Gasteiger partial charge in [0.25, 0.3) is 0 Å². The molecule has 170 valence electrons. The monoisotopic (exact) mass is 451 g/mol. The predicted octanol–water partition coefficient (Wildman–Crippen LogP) is 3.75. The van der Waals surface area contributed by atoms with Crippen molar-refractivity contribution < 1.29 is 0 Å². The summed E-state index contributed by atoms with van der Waals surface area (Å²) in [5, 5.41) is 21.2. The third kappa shape index (κ3) is 4.71. The summed E-state index contributed by atoms with van der Waals surface area (Å²) in [6.45, 7) is 6.70. The van der Waals surface area contributed by atoms with Crippen LogP contribution in [0.3, 0.4) is 0 Å². The van der Waals surface area contributed by atoms with E-state index in [0.717, 1.165) is 30.2 Å². The highest BCUT2D eigenvalue weighted by Gasteiger charge is 2.16. The van der Waals surface area contributed by atoms with Gasteiger partial charge in [-0.1, -0.05) is 23.4 Å². The molecule has 1 N–H and O–H groups in total. The summed E-state index contributed by atoms with van der Waals surface area (Å²) >= 11 is 0. The van der Waals surface area contributed by atoms with Gasteiger partial charge in [-0.25, -0.2) is 19.6 Å². The van der Waals surface area contributed by atoms with Crippen LogP contribution >= 0.6 is 0 Å². The van der Waals surface area contributed by atoms with Crippen LogP contribution in [0.5, 0.6) is 0 Å². The van der Waals surface area contributed by atoms with Crippen LogP contribution in [0.25, 0.3) is 22.6 Å². The Bertz CT molecular complexity index is 1350. The molecule has 4 aromatic rings. The van der Waals surface area contributed by atoms with Crippen LogP contribution in [0.4, 0.5) is 11.8 Å². The smallest absolute Gasteiger partial charge is 0.224 e. The van der Waals surface area contributed by atoms with Gasteiger partial charge in [-0.3, -0.25) is 0 Å². The molecule has 0 spiro atoms. The lowest BCUT2D eigenvalue weighted by Gasteiger charge is -2.32. The fourth-order valence-corrected chi connectivity index (χ4v) is 3.73. The fraction of sp³-hybridized carbons (Fsp3) is 0.280. The summed E-state index contributed by atoms with van der Waals surface area (Å²) in [6, 6.07) is 17.7. The summed E-state index contributed by atoms with van der Waals surface area (Å²) in [4.78, 5) is 16.4. The Morgan fingerprint density at radius 1 is 1.00 bits per heavy atom. The molecule has 9 heteroatoms. The highest BCUT2D eigenvalue weighted by molar-refractivity contribution is 5.68. The van der Waals surface area contributed by atoms with Gasteiger partial charge in [0, 0.05) is 24.7 Å². The van der Waals surface area contributed by atoms with E-state index in [9.17, 15) is 5.26 Å². The first kappa shape index (κ1) is 21.5. The first-order chi connectivity index (χ1) is 16.6. The Morgan fingerprint density at radius 2 is 1.82 bits per heavy atom. The lowest BCUT2D eigenvalue weighted by molar-refractivity contribution is 0.601. The van der Waals surface area contributed by atoms with Crippen LogP contribution in [0.15, 0.2) is 54.7 Å². The van der Waals surface area contributed by atoms with E-state index in [2.05, 4.69) is 36.6 Å². The van der Waals surface area contributed by atoms with Crippen molar-refractivity contribution >= 4 is 11.8 Å². The molecule has 0 unspecified atom stereocenters. The number of hydrogen-bond donors (Lipinski definition) is 1. The molecule has 0 bridgehead atoms. The average molecular weight is 452 g/mol. The van der Waals surface area contributed by atoms with Crippen molar-refractivity contribution in [3.05, 3.63) is 66.0 Å². The molecule has 0 saturated carbocycles. The zero-order valence-corrected chi connectivity index (χ0v) is 19.2.